The Labute approximate surface area is 141 Å². The number of carbonyl (C=O) groups is 1. The van der Waals surface area contributed by atoms with Gasteiger partial charge in [0.2, 0.25) is 5.91 Å². The maximum atomic E-state index is 12.0. The Morgan fingerprint density at radius 2 is 2.00 bits per heavy atom. The molecular formula is C19H18ClNO2. The summed E-state index contributed by atoms with van der Waals surface area (Å²) in [7, 11) is 0. The summed E-state index contributed by atoms with van der Waals surface area (Å²) in [6, 6.07) is 14.5. The SMILES string of the molecule is C=C(C)COc1cccc(NC(=O)/C=C/c2ccc(Cl)cc2)c1. The first-order valence-electron chi connectivity index (χ1n) is 7.15. The Hall–Kier alpha value is -2.52. The molecule has 0 heterocycles. The van der Waals surface area contributed by atoms with Gasteiger partial charge in [-0.15, -0.1) is 0 Å². The Kier molecular flexibility index (Phi) is 6.01. The first-order valence-corrected chi connectivity index (χ1v) is 7.52. The van der Waals surface area contributed by atoms with E-state index in [2.05, 4.69) is 11.9 Å². The number of ether oxygens (including phenoxy) is 1. The molecule has 0 aliphatic rings. The summed E-state index contributed by atoms with van der Waals surface area (Å²) in [6.45, 7) is 6.14. The highest BCUT2D eigenvalue weighted by Gasteiger charge is 2.00. The molecule has 0 fully saturated rings. The summed E-state index contributed by atoms with van der Waals surface area (Å²) < 4.78 is 5.55. The predicted molar refractivity (Wildman–Crippen MR) is 95.9 cm³/mol. The van der Waals surface area contributed by atoms with Crippen LogP contribution >= 0.6 is 11.6 Å². The van der Waals surface area contributed by atoms with E-state index in [1.165, 1.54) is 6.08 Å². The van der Waals surface area contributed by atoms with Crippen LogP contribution in [0.25, 0.3) is 6.08 Å². The first-order chi connectivity index (χ1) is 11.0. The fourth-order valence-electron chi connectivity index (χ4n) is 1.80. The van der Waals surface area contributed by atoms with Gasteiger partial charge in [0.15, 0.2) is 0 Å². The number of amides is 1. The number of hydrogen-bond acceptors (Lipinski definition) is 2. The van der Waals surface area contributed by atoms with Gasteiger partial charge in [-0.1, -0.05) is 36.4 Å². The molecule has 0 aliphatic heterocycles. The van der Waals surface area contributed by atoms with Crippen molar-refractivity contribution in [3.05, 3.63) is 77.3 Å². The second-order valence-electron chi connectivity index (χ2n) is 5.15. The van der Waals surface area contributed by atoms with E-state index < -0.39 is 0 Å². The van der Waals surface area contributed by atoms with Crippen LogP contribution in [0.1, 0.15) is 12.5 Å². The van der Waals surface area contributed by atoms with Crippen LogP contribution in [-0.4, -0.2) is 12.5 Å². The molecule has 0 saturated carbocycles. The van der Waals surface area contributed by atoms with E-state index in [0.717, 1.165) is 11.1 Å². The molecule has 0 radical (unpaired) electrons. The summed E-state index contributed by atoms with van der Waals surface area (Å²) in [5.41, 5.74) is 2.52. The van der Waals surface area contributed by atoms with Crippen LogP contribution in [0.3, 0.4) is 0 Å². The van der Waals surface area contributed by atoms with E-state index in [1.54, 1.807) is 24.3 Å². The molecular weight excluding hydrogens is 310 g/mol. The number of halogens is 1. The van der Waals surface area contributed by atoms with Crippen molar-refractivity contribution in [3.8, 4) is 5.75 Å². The van der Waals surface area contributed by atoms with Crippen LogP contribution in [0.2, 0.25) is 5.02 Å². The van der Waals surface area contributed by atoms with Crippen LogP contribution < -0.4 is 10.1 Å². The molecule has 1 amide bonds. The highest BCUT2D eigenvalue weighted by molar-refractivity contribution is 6.30. The van der Waals surface area contributed by atoms with E-state index in [0.29, 0.717) is 23.1 Å². The molecule has 3 nitrogen and oxygen atoms in total. The Bertz CT molecular complexity index is 720. The molecule has 2 aromatic carbocycles. The van der Waals surface area contributed by atoms with Gasteiger partial charge in [0.05, 0.1) is 0 Å². The molecule has 2 aromatic rings. The number of nitrogens with one attached hydrogen (secondary N) is 1. The minimum absolute atomic E-state index is 0.211. The van der Waals surface area contributed by atoms with Crippen LogP contribution in [0.4, 0.5) is 5.69 Å². The third-order valence-corrected chi connectivity index (χ3v) is 3.14. The van der Waals surface area contributed by atoms with Gasteiger partial charge in [0.25, 0.3) is 0 Å². The lowest BCUT2D eigenvalue weighted by Crippen LogP contribution is -2.08. The molecule has 23 heavy (non-hydrogen) atoms. The number of carbonyl (C=O) groups excluding carboxylic acids is 1. The van der Waals surface area contributed by atoms with Crippen molar-refractivity contribution in [2.24, 2.45) is 0 Å². The van der Waals surface area contributed by atoms with E-state index in [9.17, 15) is 4.79 Å². The Morgan fingerprint density at radius 1 is 1.26 bits per heavy atom. The van der Waals surface area contributed by atoms with E-state index >= 15 is 0 Å². The third kappa shape index (κ3) is 6.01. The Morgan fingerprint density at radius 3 is 2.70 bits per heavy atom. The topological polar surface area (TPSA) is 38.3 Å². The van der Waals surface area contributed by atoms with Crippen LogP contribution in [0.15, 0.2) is 66.8 Å². The van der Waals surface area contributed by atoms with Crippen molar-refractivity contribution >= 4 is 29.3 Å². The van der Waals surface area contributed by atoms with Crippen LogP contribution in [-0.2, 0) is 4.79 Å². The maximum Gasteiger partial charge on any atom is 0.248 e. The molecule has 1 N–H and O–H groups in total. The summed E-state index contributed by atoms with van der Waals surface area (Å²) in [4.78, 5) is 12.0. The minimum atomic E-state index is -0.211. The fraction of sp³-hybridized carbons (Fsp3) is 0.105. The lowest BCUT2D eigenvalue weighted by Gasteiger charge is -2.08. The van der Waals surface area contributed by atoms with Gasteiger partial charge in [0, 0.05) is 22.9 Å². The van der Waals surface area contributed by atoms with Crippen molar-refractivity contribution in [3.63, 3.8) is 0 Å². The zero-order chi connectivity index (χ0) is 16.7. The minimum Gasteiger partial charge on any atom is -0.489 e. The highest BCUT2D eigenvalue weighted by atomic mass is 35.5. The van der Waals surface area contributed by atoms with Crippen LogP contribution in [0, 0.1) is 0 Å². The lowest BCUT2D eigenvalue weighted by atomic mass is 10.2. The molecule has 0 saturated heterocycles. The summed E-state index contributed by atoms with van der Waals surface area (Å²) in [5.74, 6) is 0.476. The highest BCUT2D eigenvalue weighted by Crippen LogP contribution is 2.18. The van der Waals surface area contributed by atoms with Crippen molar-refractivity contribution < 1.29 is 9.53 Å². The normalized spacial score (nSPS) is 10.5. The monoisotopic (exact) mass is 327 g/mol. The van der Waals surface area contributed by atoms with E-state index in [1.807, 2.05) is 37.3 Å². The van der Waals surface area contributed by atoms with Crippen molar-refractivity contribution in [1.29, 1.82) is 0 Å². The predicted octanol–water partition coefficient (Wildman–Crippen LogP) is 4.95. The molecule has 0 aromatic heterocycles. The zero-order valence-corrected chi connectivity index (χ0v) is 13.6. The molecule has 118 valence electrons. The van der Waals surface area contributed by atoms with Gasteiger partial charge in [-0.05, 0) is 48.4 Å². The van der Waals surface area contributed by atoms with Gasteiger partial charge < -0.3 is 10.1 Å². The van der Waals surface area contributed by atoms with Crippen LogP contribution in [0.5, 0.6) is 5.75 Å². The number of anilines is 1. The molecule has 0 bridgehead atoms. The van der Waals surface area contributed by atoms with Gasteiger partial charge in [-0.25, -0.2) is 0 Å². The summed E-state index contributed by atoms with van der Waals surface area (Å²) in [6.07, 6.45) is 3.21. The average Bonchev–Trinajstić information content (AvgIpc) is 2.53. The van der Waals surface area contributed by atoms with Gasteiger partial charge in [-0.3, -0.25) is 4.79 Å². The third-order valence-electron chi connectivity index (χ3n) is 2.88. The average molecular weight is 328 g/mol. The molecule has 2 rings (SSSR count). The lowest BCUT2D eigenvalue weighted by molar-refractivity contribution is -0.111. The van der Waals surface area contributed by atoms with Crippen molar-refractivity contribution in [2.75, 3.05) is 11.9 Å². The van der Waals surface area contributed by atoms with E-state index in [4.69, 9.17) is 16.3 Å². The molecule has 4 heteroatoms. The smallest absolute Gasteiger partial charge is 0.248 e. The zero-order valence-electron chi connectivity index (χ0n) is 12.9. The number of hydrogen-bond donors (Lipinski definition) is 1. The standard InChI is InChI=1S/C19H18ClNO2/c1-14(2)13-23-18-5-3-4-17(12-18)21-19(22)11-8-15-6-9-16(20)10-7-15/h3-12H,1,13H2,2H3,(H,21,22)/b11-8+. The van der Waals surface area contributed by atoms with E-state index in [-0.39, 0.29) is 5.91 Å². The quantitative estimate of drug-likeness (QED) is 0.602. The van der Waals surface area contributed by atoms with Gasteiger partial charge in [0.1, 0.15) is 12.4 Å². The number of rotatable bonds is 6. The number of benzene rings is 2. The largest absolute Gasteiger partial charge is 0.489 e. The summed E-state index contributed by atoms with van der Waals surface area (Å²) >= 11 is 5.82. The van der Waals surface area contributed by atoms with Crippen molar-refractivity contribution in [1.82, 2.24) is 0 Å². The maximum absolute atomic E-state index is 12.0. The fourth-order valence-corrected chi connectivity index (χ4v) is 1.93. The van der Waals surface area contributed by atoms with Gasteiger partial charge in [-0.2, -0.15) is 0 Å². The second kappa shape index (κ2) is 8.20. The molecule has 0 spiro atoms. The molecule has 0 unspecified atom stereocenters. The first kappa shape index (κ1) is 16.8. The molecule has 0 atom stereocenters. The summed E-state index contributed by atoms with van der Waals surface area (Å²) in [5, 5.41) is 3.46. The molecule has 0 aliphatic carbocycles. The van der Waals surface area contributed by atoms with Crippen molar-refractivity contribution in [2.45, 2.75) is 6.92 Å². The van der Waals surface area contributed by atoms with Gasteiger partial charge >= 0.3 is 0 Å². The second-order valence-corrected chi connectivity index (χ2v) is 5.58. The Balaban J connectivity index is 1.95.